The van der Waals surface area contributed by atoms with E-state index in [9.17, 15) is 0 Å². The lowest BCUT2D eigenvalue weighted by Gasteiger charge is -2.32. The number of aryl methyl sites for hydroxylation is 1. The number of fused-ring (bicyclic) bond motifs is 2. The van der Waals surface area contributed by atoms with Gasteiger partial charge in [-0.25, -0.2) is 9.97 Å². The van der Waals surface area contributed by atoms with E-state index >= 15 is 0 Å². The van der Waals surface area contributed by atoms with Crippen molar-refractivity contribution in [3.63, 3.8) is 0 Å². The van der Waals surface area contributed by atoms with Gasteiger partial charge in [0.05, 0.1) is 16.7 Å². The van der Waals surface area contributed by atoms with Gasteiger partial charge in [0.25, 0.3) is 0 Å². The lowest BCUT2D eigenvalue weighted by Crippen LogP contribution is -2.42. The minimum absolute atomic E-state index is 0.527. The molecule has 110 valence electrons. The first-order valence-corrected chi connectivity index (χ1v) is 8.05. The highest BCUT2D eigenvalue weighted by atomic mass is 15.2. The maximum Gasteiger partial charge on any atom is 0.148 e. The van der Waals surface area contributed by atoms with Gasteiger partial charge >= 0.3 is 0 Å². The highest BCUT2D eigenvalue weighted by Gasteiger charge is 2.35. The van der Waals surface area contributed by atoms with Gasteiger partial charge in [0.15, 0.2) is 0 Å². The summed E-state index contributed by atoms with van der Waals surface area (Å²) >= 11 is 0. The Morgan fingerprint density at radius 1 is 1.05 bits per heavy atom. The smallest absolute Gasteiger partial charge is 0.148 e. The number of piperidine rings is 1. The number of rotatable bonds is 2. The fourth-order valence-corrected chi connectivity index (χ4v) is 3.82. The third kappa shape index (κ3) is 2.38. The van der Waals surface area contributed by atoms with Crippen LogP contribution in [0.1, 0.15) is 31.4 Å². The Balaban J connectivity index is 1.60. The van der Waals surface area contributed by atoms with Crippen LogP contribution in [-0.4, -0.2) is 40.0 Å². The molecule has 0 aliphatic carbocycles. The molecule has 0 bridgehead atoms. The average molecular weight is 282 g/mol. The van der Waals surface area contributed by atoms with Crippen molar-refractivity contribution in [1.82, 2.24) is 14.9 Å². The maximum absolute atomic E-state index is 4.78. The van der Waals surface area contributed by atoms with E-state index in [0.717, 1.165) is 22.5 Å². The molecule has 0 amide bonds. The molecule has 1 aromatic carbocycles. The molecule has 2 fully saturated rings. The van der Waals surface area contributed by atoms with Crippen LogP contribution in [-0.2, 0) is 0 Å². The molecule has 2 atom stereocenters. The molecule has 0 spiro atoms. The van der Waals surface area contributed by atoms with Gasteiger partial charge in [0, 0.05) is 18.6 Å². The molecule has 4 rings (SSSR count). The fraction of sp³-hybridized carbons (Fsp3) is 0.529. The number of anilines is 1. The lowest BCUT2D eigenvalue weighted by atomic mass is 9.99. The molecular formula is C17H22N4. The second kappa shape index (κ2) is 5.26. The summed E-state index contributed by atoms with van der Waals surface area (Å²) in [5.41, 5.74) is 2.96. The van der Waals surface area contributed by atoms with Crippen LogP contribution in [0.2, 0.25) is 0 Å². The van der Waals surface area contributed by atoms with Crippen LogP contribution in [0.3, 0.4) is 0 Å². The minimum Gasteiger partial charge on any atom is -0.364 e. The summed E-state index contributed by atoms with van der Waals surface area (Å²) in [6.07, 6.45) is 5.26. The molecule has 4 heteroatoms. The summed E-state index contributed by atoms with van der Waals surface area (Å²) in [5, 5.41) is 3.69. The molecule has 2 aromatic rings. The van der Waals surface area contributed by atoms with E-state index in [0.29, 0.717) is 12.1 Å². The monoisotopic (exact) mass is 282 g/mol. The molecule has 2 saturated heterocycles. The van der Waals surface area contributed by atoms with E-state index in [1.165, 1.54) is 38.8 Å². The van der Waals surface area contributed by atoms with Gasteiger partial charge in [-0.2, -0.15) is 0 Å². The lowest BCUT2D eigenvalue weighted by molar-refractivity contribution is 0.192. The Kier molecular flexibility index (Phi) is 3.26. The van der Waals surface area contributed by atoms with Gasteiger partial charge in [0.2, 0.25) is 0 Å². The Hall–Kier alpha value is -1.68. The third-order valence-electron chi connectivity index (χ3n) is 4.92. The van der Waals surface area contributed by atoms with Gasteiger partial charge < -0.3 is 5.32 Å². The van der Waals surface area contributed by atoms with Crippen molar-refractivity contribution in [1.29, 1.82) is 0 Å². The Labute approximate surface area is 125 Å². The van der Waals surface area contributed by atoms with Crippen molar-refractivity contribution < 1.29 is 0 Å². The van der Waals surface area contributed by atoms with Crippen molar-refractivity contribution >= 4 is 16.9 Å². The average Bonchev–Trinajstić information content (AvgIpc) is 2.91. The topological polar surface area (TPSA) is 41.1 Å². The predicted octanol–water partition coefficient (Wildman–Crippen LogP) is 2.98. The van der Waals surface area contributed by atoms with Crippen LogP contribution in [0.4, 0.5) is 5.82 Å². The number of para-hydroxylation sites is 2. The normalized spacial score (nSPS) is 26.0. The van der Waals surface area contributed by atoms with Crippen molar-refractivity contribution in [3.8, 4) is 0 Å². The van der Waals surface area contributed by atoms with Gasteiger partial charge in [-0.1, -0.05) is 18.6 Å². The van der Waals surface area contributed by atoms with Crippen molar-refractivity contribution in [2.24, 2.45) is 0 Å². The van der Waals surface area contributed by atoms with Crippen LogP contribution in [0.5, 0.6) is 0 Å². The number of nitrogens with one attached hydrogen (secondary N) is 1. The van der Waals surface area contributed by atoms with E-state index in [4.69, 9.17) is 4.98 Å². The van der Waals surface area contributed by atoms with Gasteiger partial charge in [-0.3, -0.25) is 4.90 Å². The molecular weight excluding hydrogens is 260 g/mol. The summed E-state index contributed by atoms with van der Waals surface area (Å²) in [6, 6.07) is 9.31. The Morgan fingerprint density at radius 2 is 1.86 bits per heavy atom. The van der Waals surface area contributed by atoms with E-state index in [-0.39, 0.29) is 0 Å². The Bertz CT molecular complexity index is 654. The summed E-state index contributed by atoms with van der Waals surface area (Å²) in [6.45, 7) is 4.54. The second-order valence-electron chi connectivity index (χ2n) is 6.28. The first kappa shape index (κ1) is 13.0. The molecule has 4 nitrogen and oxygen atoms in total. The summed E-state index contributed by atoms with van der Waals surface area (Å²) in [7, 11) is 0. The number of hydrogen-bond acceptors (Lipinski definition) is 4. The maximum atomic E-state index is 4.78. The number of nitrogens with zero attached hydrogens (tertiary/aromatic N) is 3. The van der Waals surface area contributed by atoms with Crippen LogP contribution < -0.4 is 5.32 Å². The quantitative estimate of drug-likeness (QED) is 0.919. The SMILES string of the molecule is Cc1nc2ccccc2nc1NC1CCN2CCCCC12. The molecule has 0 saturated carbocycles. The van der Waals surface area contributed by atoms with Crippen molar-refractivity contribution in [3.05, 3.63) is 30.0 Å². The van der Waals surface area contributed by atoms with Gasteiger partial charge in [-0.15, -0.1) is 0 Å². The zero-order chi connectivity index (χ0) is 14.2. The van der Waals surface area contributed by atoms with E-state index in [2.05, 4.69) is 22.1 Å². The summed E-state index contributed by atoms with van der Waals surface area (Å²) in [5.74, 6) is 0.964. The molecule has 2 aliphatic heterocycles. The standard InChI is InChI=1S/C17H22N4/c1-12-17(19-14-7-3-2-6-13(14)18-12)20-15-9-11-21-10-5-4-8-16(15)21/h2-3,6-7,15-16H,4-5,8-11H2,1H3,(H,19,20). The first-order chi connectivity index (χ1) is 10.3. The minimum atomic E-state index is 0.527. The predicted molar refractivity (Wildman–Crippen MR) is 85.5 cm³/mol. The third-order valence-corrected chi connectivity index (χ3v) is 4.92. The van der Waals surface area contributed by atoms with Crippen molar-refractivity contribution in [2.45, 2.75) is 44.7 Å². The number of hydrogen-bond donors (Lipinski definition) is 1. The van der Waals surface area contributed by atoms with E-state index in [1.807, 2.05) is 24.3 Å². The van der Waals surface area contributed by atoms with E-state index < -0.39 is 0 Å². The van der Waals surface area contributed by atoms with Gasteiger partial charge in [0.1, 0.15) is 5.82 Å². The van der Waals surface area contributed by atoms with E-state index in [1.54, 1.807) is 0 Å². The highest BCUT2D eigenvalue weighted by molar-refractivity contribution is 5.76. The van der Waals surface area contributed by atoms with Crippen LogP contribution >= 0.6 is 0 Å². The summed E-state index contributed by atoms with van der Waals surface area (Å²) in [4.78, 5) is 12.1. The molecule has 0 radical (unpaired) electrons. The zero-order valence-electron chi connectivity index (χ0n) is 12.5. The van der Waals surface area contributed by atoms with Crippen LogP contribution in [0, 0.1) is 6.92 Å². The highest BCUT2D eigenvalue weighted by Crippen LogP contribution is 2.29. The fourth-order valence-electron chi connectivity index (χ4n) is 3.82. The molecule has 2 aliphatic rings. The molecule has 1 aromatic heterocycles. The second-order valence-corrected chi connectivity index (χ2v) is 6.28. The number of aromatic nitrogens is 2. The number of benzene rings is 1. The molecule has 3 heterocycles. The molecule has 21 heavy (non-hydrogen) atoms. The molecule has 2 unspecified atom stereocenters. The zero-order valence-corrected chi connectivity index (χ0v) is 12.5. The summed E-state index contributed by atoms with van der Waals surface area (Å²) < 4.78 is 0. The van der Waals surface area contributed by atoms with Crippen molar-refractivity contribution in [2.75, 3.05) is 18.4 Å². The largest absolute Gasteiger partial charge is 0.364 e. The van der Waals surface area contributed by atoms with Gasteiger partial charge in [-0.05, 0) is 44.9 Å². The van der Waals surface area contributed by atoms with Crippen LogP contribution in [0.15, 0.2) is 24.3 Å². The first-order valence-electron chi connectivity index (χ1n) is 8.05. The Morgan fingerprint density at radius 3 is 2.71 bits per heavy atom. The van der Waals surface area contributed by atoms with Crippen LogP contribution in [0.25, 0.3) is 11.0 Å². The molecule has 1 N–H and O–H groups in total.